The van der Waals surface area contributed by atoms with Gasteiger partial charge >= 0.3 is 0 Å². The lowest BCUT2D eigenvalue weighted by atomic mass is 9.98. The van der Waals surface area contributed by atoms with Gasteiger partial charge in [-0.05, 0) is 18.6 Å². The standard InChI is InChI=1S/C16H26ClN/c1-3-4-5-6-7-8-11-15(17)14(2)16-12-9-10-13-18-16/h9-10,12-15H,3-8,11H2,1-2H3. The fraction of sp³-hybridized carbons (Fsp3) is 0.688. The van der Waals surface area contributed by atoms with E-state index in [4.69, 9.17) is 11.6 Å². The van der Waals surface area contributed by atoms with Crippen LogP contribution in [0.4, 0.5) is 0 Å². The molecule has 1 heterocycles. The van der Waals surface area contributed by atoms with Crippen molar-refractivity contribution in [2.45, 2.75) is 70.1 Å². The molecule has 0 bridgehead atoms. The molecule has 0 aliphatic carbocycles. The molecule has 18 heavy (non-hydrogen) atoms. The zero-order valence-electron chi connectivity index (χ0n) is 11.7. The fourth-order valence-corrected chi connectivity index (χ4v) is 2.48. The van der Waals surface area contributed by atoms with Crippen molar-refractivity contribution in [3.8, 4) is 0 Å². The van der Waals surface area contributed by atoms with Gasteiger partial charge < -0.3 is 0 Å². The van der Waals surface area contributed by atoms with Crippen LogP contribution in [0.15, 0.2) is 24.4 Å². The summed E-state index contributed by atoms with van der Waals surface area (Å²) in [6, 6.07) is 6.06. The van der Waals surface area contributed by atoms with Gasteiger partial charge in [0.2, 0.25) is 0 Å². The van der Waals surface area contributed by atoms with Crippen LogP contribution in [0.1, 0.15) is 70.4 Å². The Kier molecular flexibility index (Phi) is 8.08. The fourth-order valence-electron chi connectivity index (χ4n) is 2.20. The van der Waals surface area contributed by atoms with Crippen LogP contribution in [0.3, 0.4) is 0 Å². The third-order valence-electron chi connectivity index (χ3n) is 3.53. The van der Waals surface area contributed by atoms with E-state index in [0.29, 0.717) is 5.92 Å². The van der Waals surface area contributed by atoms with Gasteiger partial charge in [-0.25, -0.2) is 0 Å². The molecule has 102 valence electrons. The molecule has 0 aromatic carbocycles. The maximum atomic E-state index is 6.47. The zero-order chi connectivity index (χ0) is 13.2. The van der Waals surface area contributed by atoms with Crippen molar-refractivity contribution in [3.63, 3.8) is 0 Å². The quantitative estimate of drug-likeness (QED) is 0.423. The van der Waals surface area contributed by atoms with Gasteiger partial charge in [-0.1, -0.05) is 58.4 Å². The third kappa shape index (κ3) is 5.86. The predicted octanol–water partition coefficient (Wildman–Crippen LogP) is 5.54. The number of rotatable bonds is 9. The van der Waals surface area contributed by atoms with Crippen LogP contribution in [0.5, 0.6) is 0 Å². The number of aromatic nitrogens is 1. The number of halogens is 1. The lowest BCUT2D eigenvalue weighted by molar-refractivity contribution is 0.550. The zero-order valence-corrected chi connectivity index (χ0v) is 12.5. The molecule has 2 heteroatoms. The predicted molar refractivity (Wildman–Crippen MR) is 80.3 cm³/mol. The Labute approximate surface area is 117 Å². The smallest absolute Gasteiger partial charge is 0.0446 e. The minimum atomic E-state index is 0.214. The molecule has 0 saturated heterocycles. The van der Waals surface area contributed by atoms with Crippen LogP contribution in [0, 0.1) is 0 Å². The molecule has 0 aliphatic heterocycles. The molecule has 2 unspecified atom stereocenters. The highest BCUT2D eigenvalue weighted by Crippen LogP contribution is 2.25. The van der Waals surface area contributed by atoms with E-state index in [2.05, 4.69) is 24.9 Å². The topological polar surface area (TPSA) is 12.9 Å². The van der Waals surface area contributed by atoms with E-state index in [0.717, 1.165) is 12.1 Å². The van der Waals surface area contributed by atoms with Gasteiger partial charge in [0, 0.05) is 23.2 Å². The number of alkyl halides is 1. The van der Waals surface area contributed by atoms with Crippen molar-refractivity contribution in [2.24, 2.45) is 0 Å². The Morgan fingerprint density at radius 3 is 2.50 bits per heavy atom. The maximum Gasteiger partial charge on any atom is 0.0446 e. The molecule has 0 saturated carbocycles. The Hall–Kier alpha value is -0.560. The van der Waals surface area contributed by atoms with Gasteiger partial charge in [0.15, 0.2) is 0 Å². The highest BCUT2D eigenvalue weighted by Gasteiger charge is 2.16. The highest BCUT2D eigenvalue weighted by atomic mass is 35.5. The first-order chi connectivity index (χ1) is 8.75. The lowest BCUT2D eigenvalue weighted by Crippen LogP contribution is -2.11. The Morgan fingerprint density at radius 1 is 1.11 bits per heavy atom. The molecule has 1 rings (SSSR count). The first kappa shape index (κ1) is 15.5. The summed E-state index contributed by atoms with van der Waals surface area (Å²) < 4.78 is 0. The van der Waals surface area contributed by atoms with Crippen molar-refractivity contribution in [1.29, 1.82) is 0 Å². The summed E-state index contributed by atoms with van der Waals surface area (Å²) in [7, 11) is 0. The van der Waals surface area contributed by atoms with Crippen molar-refractivity contribution >= 4 is 11.6 Å². The van der Waals surface area contributed by atoms with Gasteiger partial charge in [0.1, 0.15) is 0 Å². The summed E-state index contributed by atoms with van der Waals surface area (Å²) in [4.78, 5) is 4.38. The molecule has 1 nitrogen and oxygen atoms in total. The molecule has 0 amide bonds. The van der Waals surface area contributed by atoms with Gasteiger partial charge in [0.25, 0.3) is 0 Å². The van der Waals surface area contributed by atoms with Crippen LogP contribution >= 0.6 is 11.6 Å². The van der Waals surface area contributed by atoms with E-state index in [1.165, 1.54) is 38.5 Å². The van der Waals surface area contributed by atoms with Crippen LogP contribution < -0.4 is 0 Å². The number of pyridine rings is 1. The van der Waals surface area contributed by atoms with Gasteiger partial charge in [-0.15, -0.1) is 11.6 Å². The lowest BCUT2D eigenvalue weighted by Gasteiger charge is -2.17. The first-order valence-corrected chi connectivity index (χ1v) is 7.74. The minimum absolute atomic E-state index is 0.214. The summed E-state index contributed by atoms with van der Waals surface area (Å²) in [5.74, 6) is 0.350. The van der Waals surface area contributed by atoms with Crippen molar-refractivity contribution < 1.29 is 0 Å². The Morgan fingerprint density at radius 2 is 1.83 bits per heavy atom. The van der Waals surface area contributed by atoms with Gasteiger partial charge in [-0.3, -0.25) is 4.98 Å². The van der Waals surface area contributed by atoms with Crippen molar-refractivity contribution in [3.05, 3.63) is 30.1 Å². The molecule has 1 aromatic heterocycles. The summed E-state index contributed by atoms with van der Waals surface area (Å²) in [5.41, 5.74) is 1.11. The average molecular weight is 268 g/mol. The molecular formula is C16H26ClN. The number of hydrogen-bond donors (Lipinski definition) is 0. The molecule has 0 spiro atoms. The SMILES string of the molecule is CCCCCCCCC(Cl)C(C)c1ccccn1. The van der Waals surface area contributed by atoms with E-state index in [-0.39, 0.29) is 5.38 Å². The molecular weight excluding hydrogens is 242 g/mol. The maximum absolute atomic E-state index is 6.47. The van der Waals surface area contributed by atoms with Crippen LogP contribution in [-0.2, 0) is 0 Å². The summed E-state index contributed by atoms with van der Waals surface area (Å²) >= 11 is 6.47. The molecule has 1 aromatic rings. The molecule has 0 radical (unpaired) electrons. The molecule has 0 N–H and O–H groups in total. The monoisotopic (exact) mass is 267 g/mol. The third-order valence-corrected chi connectivity index (χ3v) is 4.13. The van der Waals surface area contributed by atoms with Crippen molar-refractivity contribution in [1.82, 2.24) is 4.98 Å². The molecule has 2 atom stereocenters. The highest BCUT2D eigenvalue weighted by molar-refractivity contribution is 6.21. The number of hydrogen-bond acceptors (Lipinski definition) is 1. The number of nitrogens with zero attached hydrogens (tertiary/aromatic N) is 1. The molecule has 0 fully saturated rings. The second-order valence-corrected chi connectivity index (χ2v) is 5.68. The molecule has 0 aliphatic rings. The summed E-state index contributed by atoms with van der Waals surface area (Å²) in [6.07, 6.45) is 10.9. The van der Waals surface area contributed by atoms with E-state index in [1.807, 2.05) is 18.3 Å². The van der Waals surface area contributed by atoms with E-state index in [9.17, 15) is 0 Å². The van der Waals surface area contributed by atoms with Gasteiger partial charge in [0.05, 0.1) is 0 Å². The van der Waals surface area contributed by atoms with Crippen molar-refractivity contribution in [2.75, 3.05) is 0 Å². The van der Waals surface area contributed by atoms with Crippen LogP contribution in [0.2, 0.25) is 0 Å². The Bertz CT molecular complexity index is 299. The summed E-state index contributed by atoms with van der Waals surface area (Å²) in [5, 5.41) is 0.214. The second-order valence-electron chi connectivity index (χ2n) is 5.12. The van der Waals surface area contributed by atoms with E-state index in [1.54, 1.807) is 0 Å². The van der Waals surface area contributed by atoms with Gasteiger partial charge in [-0.2, -0.15) is 0 Å². The van der Waals surface area contributed by atoms with E-state index >= 15 is 0 Å². The van der Waals surface area contributed by atoms with E-state index < -0.39 is 0 Å². The largest absolute Gasteiger partial charge is 0.261 e. The second kappa shape index (κ2) is 9.38. The van der Waals surface area contributed by atoms with Crippen LogP contribution in [-0.4, -0.2) is 10.4 Å². The average Bonchev–Trinajstić information content (AvgIpc) is 2.42. The first-order valence-electron chi connectivity index (χ1n) is 7.30. The van der Waals surface area contributed by atoms with Crippen LogP contribution in [0.25, 0.3) is 0 Å². The summed E-state index contributed by atoms with van der Waals surface area (Å²) in [6.45, 7) is 4.43. The minimum Gasteiger partial charge on any atom is -0.261 e. The number of unbranched alkanes of at least 4 members (excludes halogenated alkanes) is 5. The normalized spacial score (nSPS) is 14.4. The Balaban J connectivity index is 2.18.